The summed E-state index contributed by atoms with van der Waals surface area (Å²) in [5, 5.41) is 2.80. The first-order chi connectivity index (χ1) is 11.1. The van der Waals surface area contributed by atoms with E-state index in [1.165, 1.54) is 17.4 Å². The number of benzene rings is 2. The Morgan fingerprint density at radius 2 is 1.83 bits per heavy atom. The quantitative estimate of drug-likeness (QED) is 0.583. The van der Waals surface area contributed by atoms with Crippen molar-refractivity contribution >= 4 is 22.4 Å². The van der Waals surface area contributed by atoms with Crippen molar-refractivity contribution in [3.05, 3.63) is 63.6 Å². The van der Waals surface area contributed by atoms with Crippen molar-refractivity contribution in [2.45, 2.75) is 6.92 Å². The Labute approximate surface area is 134 Å². The highest BCUT2D eigenvalue weighted by Crippen LogP contribution is 2.30. The number of rotatable bonds is 2. The number of aryl methyl sites for hydroxylation is 1. The number of halogens is 1. The number of aromatic amines is 2. The van der Waals surface area contributed by atoms with Crippen molar-refractivity contribution < 1.29 is 4.39 Å². The lowest BCUT2D eigenvalue weighted by atomic mass is 10.1. The number of H-pyrrole nitrogens is 2. The number of hydrogen-bond acceptors (Lipinski definition) is 3. The number of imidazole rings is 1. The molecule has 2 N–H and O–H groups in total. The van der Waals surface area contributed by atoms with Crippen molar-refractivity contribution in [2.75, 3.05) is 0 Å². The Hall–Kier alpha value is -2.73. The molecular formula is C17H12FN3OS. The number of nitrogens with one attached hydrogen (secondary N) is 2. The molecule has 6 heteroatoms. The highest BCUT2D eigenvalue weighted by molar-refractivity contribution is 7.13. The van der Waals surface area contributed by atoms with Crippen LogP contribution in [0, 0.1) is 12.7 Å². The van der Waals surface area contributed by atoms with Gasteiger partial charge in [-0.3, -0.25) is 0 Å². The Balaban J connectivity index is 1.76. The molecule has 0 bridgehead atoms. The molecule has 0 aliphatic rings. The predicted octanol–water partition coefficient (Wildman–Crippen LogP) is 4.09. The smallest absolute Gasteiger partial charge is 0.306 e. The zero-order chi connectivity index (χ0) is 16.0. The van der Waals surface area contributed by atoms with E-state index in [2.05, 4.69) is 15.0 Å². The molecule has 23 heavy (non-hydrogen) atoms. The van der Waals surface area contributed by atoms with E-state index in [0.29, 0.717) is 5.56 Å². The van der Waals surface area contributed by atoms with Crippen LogP contribution >= 0.6 is 11.3 Å². The molecule has 2 aromatic carbocycles. The van der Waals surface area contributed by atoms with E-state index in [1.807, 2.05) is 23.6 Å². The third kappa shape index (κ3) is 2.47. The maximum Gasteiger partial charge on any atom is 0.323 e. The second-order valence-electron chi connectivity index (χ2n) is 5.34. The van der Waals surface area contributed by atoms with Gasteiger partial charge in [0, 0.05) is 16.5 Å². The van der Waals surface area contributed by atoms with Crippen LogP contribution < -0.4 is 5.69 Å². The first-order valence-electron chi connectivity index (χ1n) is 7.04. The van der Waals surface area contributed by atoms with Gasteiger partial charge in [-0.2, -0.15) is 0 Å². The van der Waals surface area contributed by atoms with Gasteiger partial charge in [0.2, 0.25) is 0 Å². The van der Waals surface area contributed by atoms with Crippen molar-refractivity contribution in [3.8, 4) is 21.8 Å². The van der Waals surface area contributed by atoms with E-state index >= 15 is 0 Å². The minimum absolute atomic E-state index is 0.215. The number of nitrogens with zero attached hydrogens (tertiary/aromatic N) is 1. The third-order valence-corrected chi connectivity index (χ3v) is 4.61. The van der Waals surface area contributed by atoms with Crippen molar-refractivity contribution in [1.82, 2.24) is 15.0 Å². The SMILES string of the molecule is Cc1cc(-c2nc(-c3ccc4[nH]c(=O)[nH]c4c3)cs2)ccc1F. The molecule has 0 amide bonds. The van der Waals surface area contributed by atoms with Crippen LogP contribution in [0.2, 0.25) is 0 Å². The molecule has 0 unspecified atom stereocenters. The van der Waals surface area contributed by atoms with Crippen molar-refractivity contribution in [3.63, 3.8) is 0 Å². The van der Waals surface area contributed by atoms with Gasteiger partial charge in [0.05, 0.1) is 16.7 Å². The lowest BCUT2D eigenvalue weighted by Crippen LogP contribution is -1.99. The van der Waals surface area contributed by atoms with Crippen molar-refractivity contribution in [2.24, 2.45) is 0 Å². The fraction of sp³-hybridized carbons (Fsp3) is 0.0588. The van der Waals surface area contributed by atoms with Crippen LogP contribution in [-0.4, -0.2) is 15.0 Å². The van der Waals surface area contributed by atoms with Gasteiger partial charge < -0.3 is 9.97 Å². The average molecular weight is 325 g/mol. The van der Waals surface area contributed by atoms with Crippen LogP contribution in [0.3, 0.4) is 0 Å². The van der Waals surface area contributed by atoms with Crippen LogP contribution in [0.25, 0.3) is 32.9 Å². The first-order valence-corrected chi connectivity index (χ1v) is 7.92. The molecular weight excluding hydrogens is 313 g/mol. The first kappa shape index (κ1) is 13.9. The van der Waals surface area contributed by atoms with E-state index in [-0.39, 0.29) is 11.5 Å². The lowest BCUT2D eigenvalue weighted by molar-refractivity contribution is 0.619. The number of thiazole rings is 1. The standard InChI is InChI=1S/C17H12FN3OS/c1-9-6-11(2-4-12(9)18)16-19-15(8-23-16)10-3-5-13-14(7-10)21-17(22)20-13/h2-8H,1H3,(H2,20,21,22). The van der Waals surface area contributed by atoms with E-state index in [9.17, 15) is 9.18 Å². The minimum Gasteiger partial charge on any atom is -0.306 e. The predicted molar refractivity (Wildman–Crippen MR) is 90.2 cm³/mol. The normalized spacial score (nSPS) is 11.2. The van der Waals surface area contributed by atoms with Gasteiger partial charge in [-0.1, -0.05) is 6.07 Å². The summed E-state index contributed by atoms with van der Waals surface area (Å²) in [4.78, 5) is 21.4. The Morgan fingerprint density at radius 1 is 1.04 bits per heavy atom. The second kappa shape index (κ2) is 5.17. The Morgan fingerprint density at radius 3 is 2.65 bits per heavy atom. The number of hydrogen-bond donors (Lipinski definition) is 2. The molecule has 4 rings (SSSR count). The summed E-state index contributed by atoms with van der Waals surface area (Å²) < 4.78 is 13.4. The van der Waals surface area contributed by atoms with Gasteiger partial charge in [-0.15, -0.1) is 11.3 Å². The molecule has 0 aliphatic heterocycles. The number of aromatic nitrogens is 3. The van der Waals surface area contributed by atoms with Crippen LogP contribution in [-0.2, 0) is 0 Å². The summed E-state index contributed by atoms with van der Waals surface area (Å²) >= 11 is 1.51. The Bertz CT molecular complexity index is 1080. The van der Waals surface area contributed by atoms with Gasteiger partial charge in [0.25, 0.3) is 0 Å². The lowest BCUT2D eigenvalue weighted by Gasteiger charge is -2.00. The minimum atomic E-state index is -0.224. The summed E-state index contributed by atoms with van der Waals surface area (Å²) in [6, 6.07) is 10.7. The van der Waals surface area contributed by atoms with E-state index < -0.39 is 0 Å². The maximum atomic E-state index is 13.4. The van der Waals surface area contributed by atoms with Crippen LogP contribution in [0.1, 0.15) is 5.56 Å². The van der Waals surface area contributed by atoms with Crippen LogP contribution in [0.4, 0.5) is 4.39 Å². The average Bonchev–Trinajstić information content (AvgIpc) is 3.14. The fourth-order valence-electron chi connectivity index (χ4n) is 2.51. The molecule has 0 atom stereocenters. The summed E-state index contributed by atoms with van der Waals surface area (Å²) in [5.41, 5.74) is 4.55. The molecule has 0 saturated carbocycles. The zero-order valence-corrected chi connectivity index (χ0v) is 13.0. The summed E-state index contributed by atoms with van der Waals surface area (Å²) in [6.07, 6.45) is 0. The summed E-state index contributed by atoms with van der Waals surface area (Å²) in [6.45, 7) is 1.74. The molecule has 0 spiro atoms. The van der Waals surface area contributed by atoms with Crippen molar-refractivity contribution in [1.29, 1.82) is 0 Å². The molecule has 4 nitrogen and oxygen atoms in total. The Kier molecular flexibility index (Phi) is 3.12. The summed E-state index contributed by atoms with van der Waals surface area (Å²) in [5.74, 6) is -0.215. The third-order valence-electron chi connectivity index (χ3n) is 3.72. The summed E-state index contributed by atoms with van der Waals surface area (Å²) in [7, 11) is 0. The molecule has 0 radical (unpaired) electrons. The fourth-order valence-corrected chi connectivity index (χ4v) is 3.33. The molecule has 114 valence electrons. The molecule has 2 heterocycles. The van der Waals surface area contributed by atoms with Gasteiger partial charge >= 0.3 is 5.69 Å². The largest absolute Gasteiger partial charge is 0.323 e. The zero-order valence-electron chi connectivity index (χ0n) is 12.2. The second-order valence-corrected chi connectivity index (χ2v) is 6.20. The highest BCUT2D eigenvalue weighted by atomic mass is 32.1. The van der Waals surface area contributed by atoms with E-state index in [0.717, 1.165) is 32.9 Å². The monoisotopic (exact) mass is 325 g/mol. The van der Waals surface area contributed by atoms with Crippen LogP contribution in [0.15, 0.2) is 46.6 Å². The van der Waals surface area contributed by atoms with E-state index in [4.69, 9.17) is 0 Å². The van der Waals surface area contributed by atoms with Gasteiger partial charge in [-0.05, 0) is 42.8 Å². The molecule has 0 fully saturated rings. The van der Waals surface area contributed by atoms with Gasteiger partial charge in [0.1, 0.15) is 10.8 Å². The van der Waals surface area contributed by atoms with Crippen LogP contribution in [0.5, 0.6) is 0 Å². The topological polar surface area (TPSA) is 61.5 Å². The maximum absolute atomic E-state index is 13.4. The van der Waals surface area contributed by atoms with E-state index in [1.54, 1.807) is 19.1 Å². The van der Waals surface area contributed by atoms with Gasteiger partial charge in [0.15, 0.2) is 0 Å². The number of fused-ring (bicyclic) bond motifs is 1. The molecule has 4 aromatic rings. The molecule has 0 saturated heterocycles. The van der Waals surface area contributed by atoms with Gasteiger partial charge in [-0.25, -0.2) is 14.2 Å². The molecule has 0 aliphatic carbocycles. The molecule has 2 aromatic heterocycles. The highest BCUT2D eigenvalue weighted by Gasteiger charge is 2.09.